The minimum absolute atomic E-state index is 0.0505. The van der Waals surface area contributed by atoms with Crippen LogP contribution in [-0.2, 0) is 13.0 Å². The molecule has 0 saturated heterocycles. The number of nitrogens with zero attached hydrogens (tertiary/aromatic N) is 1. The minimum atomic E-state index is -0.828. The zero-order valence-corrected chi connectivity index (χ0v) is 14.9. The SMILES string of the molecule is CCc1ccc(NC(=O)c2noc(C)c2COc2ccc(F)cc2F)cc1. The summed E-state index contributed by atoms with van der Waals surface area (Å²) >= 11 is 0. The molecular weight excluding hydrogens is 354 g/mol. The maximum absolute atomic E-state index is 13.7. The van der Waals surface area contributed by atoms with E-state index in [1.54, 1.807) is 19.1 Å². The molecule has 5 nitrogen and oxygen atoms in total. The predicted octanol–water partition coefficient (Wildman–Crippen LogP) is 4.65. The van der Waals surface area contributed by atoms with Gasteiger partial charge in [0.2, 0.25) is 0 Å². The average Bonchev–Trinajstić information content (AvgIpc) is 3.02. The molecule has 140 valence electrons. The fourth-order valence-electron chi connectivity index (χ4n) is 2.50. The molecule has 0 radical (unpaired) electrons. The van der Waals surface area contributed by atoms with Crippen molar-refractivity contribution in [1.29, 1.82) is 0 Å². The van der Waals surface area contributed by atoms with Gasteiger partial charge >= 0.3 is 0 Å². The Kier molecular flexibility index (Phi) is 5.49. The largest absolute Gasteiger partial charge is 0.486 e. The van der Waals surface area contributed by atoms with E-state index in [1.807, 2.05) is 19.1 Å². The van der Waals surface area contributed by atoms with Crippen LogP contribution in [0, 0.1) is 18.6 Å². The van der Waals surface area contributed by atoms with Crippen LogP contribution in [0.5, 0.6) is 5.75 Å². The summed E-state index contributed by atoms with van der Waals surface area (Å²) in [6, 6.07) is 10.4. The lowest BCUT2D eigenvalue weighted by Crippen LogP contribution is -2.15. The molecule has 0 saturated carbocycles. The Bertz CT molecular complexity index is 952. The molecule has 3 rings (SSSR count). The molecule has 7 heteroatoms. The number of rotatable bonds is 6. The first-order valence-electron chi connectivity index (χ1n) is 8.41. The Labute approximate surface area is 154 Å². The van der Waals surface area contributed by atoms with Crippen LogP contribution >= 0.6 is 0 Å². The van der Waals surface area contributed by atoms with Crippen LogP contribution in [0.3, 0.4) is 0 Å². The zero-order valence-electron chi connectivity index (χ0n) is 14.9. The summed E-state index contributed by atoms with van der Waals surface area (Å²) in [5, 5.41) is 6.51. The molecular formula is C20H18F2N2O3. The molecule has 3 aromatic rings. The number of nitrogens with one attached hydrogen (secondary N) is 1. The molecule has 1 aromatic heterocycles. The third-order valence-electron chi connectivity index (χ3n) is 4.09. The molecule has 0 aliphatic rings. The third kappa shape index (κ3) is 4.31. The molecule has 27 heavy (non-hydrogen) atoms. The van der Waals surface area contributed by atoms with Gasteiger partial charge in [-0.25, -0.2) is 8.78 Å². The summed E-state index contributed by atoms with van der Waals surface area (Å²) in [5.74, 6) is -1.74. The lowest BCUT2D eigenvalue weighted by molar-refractivity contribution is 0.101. The van der Waals surface area contributed by atoms with Crippen LogP contribution in [0.15, 0.2) is 47.0 Å². The molecule has 0 unspecified atom stereocenters. The van der Waals surface area contributed by atoms with Gasteiger partial charge < -0.3 is 14.6 Å². The molecule has 0 aliphatic carbocycles. The van der Waals surface area contributed by atoms with Gasteiger partial charge in [-0.2, -0.15) is 0 Å². The van der Waals surface area contributed by atoms with E-state index in [9.17, 15) is 13.6 Å². The van der Waals surface area contributed by atoms with E-state index in [1.165, 1.54) is 6.07 Å². The first-order chi connectivity index (χ1) is 13.0. The number of carbonyl (C=O) groups is 1. The Morgan fingerprint density at radius 2 is 1.93 bits per heavy atom. The van der Waals surface area contributed by atoms with Gasteiger partial charge in [-0.3, -0.25) is 4.79 Å². The number of aromatic nitrogens is 1. The van der Waals surface area contributed by atoms with Crippen molar-refractivity contribution >= 4 is 11.6 Å². The first kappa shape index (κ1) is 18.6. The van der Waals surface area contributed by atoms with Crippen molar-refractivity contribution in [3.8, 4) is 5.75 Å². The van der Waals surface area contributed by atoms with E-state index >= 15 is 0 Å². The van der Waals surface area contributed by atoms with Gasteiger partial charge in [0.05, 0.1) is 5.56 Å². The Morgan fingerprint density at radius 1 is 1.19 bits per heavy atom. The summed E-state index contributed by atoms with van der Waals surface area (Å²) in [5.41, 5.74) is 2.21. The van der Waals surface area contributed by atoms with Gasteiger partial charge in [-0.05, 0) is 43.2 Å². The maximum Gasteiger partial charge on any atom is 0.278 e. The average molecular weight is 372 g/mol. The van der Waals surface area contributed by atoms with E-state index in [0.29, 0.717) is 17.0 Å². The maximum atomic E-state index is 13.7. The molecule has 0 fully saturated rings. The highest BCUT2D eigenvalue weighted by Gasteiger charge is 2.21. The van der Waals surface area contributed by atoms with Crippen LogP contribution in [0.4, 0.5) is 14.5 Å². The standard InChI is InChI=1S/C20H18F2N2O3/c1-3-13-4-7-15(8-5-13)23-20(25)19-16(12(2)27-24-19)11-26-18-9-6-14(21)10-17(18)22/h4-10H,3,11H2,1-2H3,(H,23,25). The van der Waals surface area contributed by atoms with Crippen molar-refractivity contribution in [3.05, 3.63) is 76.7 Å². The van der Waals surface area contributed by atoms with Crippen molar-refractivity contribution in [2.24, 2.45) is 0 Å². The van der Waals surface area contributed by atoms with E-state index < -0.39 is 17.5 Å². The number of amides is 1. The second-order valence-electron chi connectivity index (χ2n) is 5.93. The molecule has 1 N–H and O–H groups in total. The van der Waals surface area contributed by atoms with Crippen molar-refractivity contribution in [1.82, 2.24) is 5.16 Å². The van der Waals surface area contributed by atoms with Crippen LogP contribution in [-0.4, -0.2) is 11.1 Å². The molecule has 1 amide bonds. The van der Waals surface area contributed by atoms with Crippen molar-refractivity contribution in [2.75, 3.05) is 5.32 Å². The van der Waals surface area contributed by atoms with E-state index in [2.05, 4.69) is 10.5 Å². The number of ether oxygens (including phenoxy) is 1. The monoisotopic (exact) mass is 372 g/mol. The normalized spacial score (nSPS) is 10.7. The van der Waals surface area contributed by atoms with Gasteiger partial charge in [-0.1, -0.05) is 24.2 Å². The van der Waals surface area contributed by atoms with E-state index in [-0.39, 0.29) is 18.1 Å². The fraction of sp³-hybridized carbons (Fsp3) is 0.200. The van der Waals surface area contributed by atoms with Crippen LogP contribution in [0.25, 0.3) is 0 Å². The molecule has 0 bridgehead atoms. The number of hydrogen-bond acceptors (Lipinski definition) is 4. The topological polar surface area (TPSA) is 64.4 Å². The quantitative estimate of drug-likeness (QED) is 0.684. The smallest absolute Gasteiger partial charge is 0.278 e. The highest BCUT2D eigenvalue weighted by molar-refractivity contribution is 6.03. The highest BCUT2D eigenvalue weighted by atomic mass is 19.1. The Morgan fingerprint density at radius 3 is 2.59 bits per heavy atom. The van der Waals surface area contributed by atoms with Crippen molar-refractivity contribution in [2.45, 2.75) is 26.9 Å². The van der Waals surface area contributed by atoms with E-state index in [0.717, 1.165) is 24.1 Å². The first-order valence-corrected chi connectivity index (χ1v) is 8.41. The summed E-state index contributed by atoms with van der Waals surface area (Å²) in [7, 11) is 0. The summed E-state index contributed by atoms with van der Waals surface area (Å²) in [6.45, 7) is 3.52. The fourth-order valence-corrected chi connectivity index (χ4v) is 2.50. The van der Waals surface area contributed by atoms with Gasteiger partial charge in [0.25, 0.3) is 5.91 Å². The summed E-state index contributed by atoms with van der Waals surface area (Å²) in [6.07, 6.45) is 0.901. The summed E-state index contributed by atoms with van der Waals surface area (Å²) < 4.78 is 37.1. The van der Waals surface area contributed by atoms with Crippen LogP contribution in [0.1, 0.15) is 34.3 Å². The number of carbonyl (C=O) groups excluding carboxylic acids is 1. The second-order valence-corrected chi connectivity index (χ2v) is 5.93. The number of anilines is 1. The second kappa shape index (κ2) is 7.99. The number of aryl methyl sites for hydroxylation is 2. The molecule has 0 atom stereocenters. The van der Waals surface area contributed by atoms with Crippen molar-refractivity contribution in [3.63, 3.8) is 0 Å². The Balaban J connectivity index is 1.74. The molecule has 0 aliphatic heterocycles. The highest BCUT2D eigenvalue weighted by Crippen LogP contribution is 2.22. The number of halogens is 2. The summed E-state index contributed by atoms with van der Waals surface area (Å²) in [4.78, 5) is 12.5. The number of hydrogen-bond donors (Lipinski definition) is 1. The number of benzene rings is 2. The van der Waals surface area contributed by atoms with Crippen LogP contribution in [0.2, 0.25) is 0 Å². The minimum Gasteiger partial charge on any atom is -0.486 e. The third-order valence-corrected chi connectivity index (χ3v) is 4.09. The van der Waals surface area contributed by atoms with Crippen molar-refractivity contribution < 1.29 is 22.8 Å². The molecule has 0 spiro atoms. The van der Waals surface area contributed by atoms with E-state index in [4.69, 9.17) is 9.26 Å². The van der Waals surface area contributed by atoms with Gasteiger partial charge in [0.15, 0.2) is 17.3 Å². The van der Waals surface area contributed by atoms with Gasteiger partial charge in [0, 0.05) is 11.8 Å². The Hall–Kier alpha value is -3.22. The van der Waals surface area contributed by atoms with Gasteiger partial charge in [-0.15, -0.1) is 0 Å². The predicted molar refractivity (Wildman–Crippen MR) is 95.7 cm³/mol. The van der Waals surface area contributed by atoms with Gasteiger partial charge in [0.1, 0.15) is 18.2 Å². The lowest BCUT2D eigenvalue weighted by Gasteiger charge is -2.08. The molecule has 1 heterocycles. The van der Waals surface area contributed by atoms with Crippen LogP contribution < -0.4 is 10.1 Å². The molecule has 2 aromatic carbocycles. The lowest BCUT2D eigenvalue weighted by atomic mass is 10.1. The zero-order chi connectivity index (χ0) is 19.4.